The van der Waals surface area contributed by atoms with Crippen LogP contribution in [0.1, 0.15) is 32.4 Å². The van der Waals surface area contributed by atoms with Crippen LogP contribution in [-0.2, 0) is 9.84 Å². The molecule has 3 rings (SSSR count). The van der Waals surface area contributed by atoms with Crippen LogP contribution < -0.4 is 0 Å². The smallest absolute Gasteiger partial charge is 0.180 e. The molecule has 2 heterocycles. The van der Waals surface area contributed by atoms with Crippen molar-refractivity contribution in [2.45, 2.75) is 30.9 Å². The predicted molar refractivity (Wildman–Crippen MR) is 107 cm³/mol. The molecule has 6 heteroatoms. The fourth-order valence-electron chi connectivity index (χ4n) is 2.35. The molecule has 0 unspecified atom stereocenters. The maximum Gasteiger partial charge on any atom is 0.180 e. The first-order valence-electron chi connectivity index (χ1n) is 8.49. The molecule has 0 spiro atoms. The average molecular weight is 379 g/mol. The van der Waals surface area contributed by atoms with Crippen LogP contribution in [-0.4, -0.2) is 28.6 Å². The predicted octanol–water partition coefficient (Wildman–Crippen LogP) is 3.67. The summed E-state index contributed by atoms with van der Waals surface area (Å²) in [6.07, 6.45) is 3.35. The fraction of sp³-hybridized carbons (Fsp3) is 0.190. The van der Waals surface area contributed by atoms with Crippen molar-refractivity contribution < 1.29 is 9.84 Å². The Morgan fingerprint density at radius 3 is 2.37 bits per heavy atom. The fourth-order valence-corrected chi connectivity index (χ4v) is 3.41. The van der Waals surface area contributed by atoms with Gasteiger partial charge in [0.05, 0.1) is 27.7 Å². The van der Waals surface area contributed by atoms with E-state index in [-0.39, 0.29) is 1.43 Å². The van der Waals surface area contributed by atoms with Crippen molar-refractivity contribution in [3.05, 3.63) is 71.9 Å². The van der Waals surface area contributed by atoms with Gasteiger partial charge in [0.2, 0.25) is 0 Å². The van der Waals surface area contributed by atoms with Gasteiger partial charge in [-0.2, -0.15) is 0 Å². The molecule has 0 atom stereocenters. The molecule has 27 heavy (non-hydrogen) atoms. The summed E-state index contributed by atoms with van der Waals surface area (Å²) in [6, 6.07) is 12.2. The zero-order chi connectivity index (χ0) is 19.4. The molecule has 0 aliphatic heterocycles. The highest BCUT2D eigenvalue weighted by atomic mass is 32.2. The molecule has 0 aliphatic carbocycles. The highest BCUT2D eigenvalue weighted by Crippen LogP contribution is 2.22. The summed E-state index contributed by atoms with van der Waals surface area (Å²) >= 11 is 0. The second-order valence-electron chi connectivity index (χ2n) is 6.27. The third-order valence-corrected chi connectivity index (χ3v) is 6.20. The molecule has 0 amide bonds. The van der Waals surface area contributed by atoms with E-state index in [9.17, 15) is 8.42 Å². The third-order valence-electron chi connectivity index (χ3n) is 4.03. The van der Waals surface area contributed by atoms with Crippen LogP contribution in [0, 0.1) is 18.8 Å². The highest BCUT2D eigenvalue weighted by molar-refractivity contribution is 7.92. The van der Waals surface area contributed by atoms with E-state index in [1.54, 1.807) is 50.5 Å². The SMILES string of the molecule is Cc1ncc(-c2ccc(S(=O)(=O)C(C)C)cc2)nc1C#Cc1ccccn1.[HH]. The van der Waals surface area contributed by atoms with E-state index in [2.05, 4.69) is 26.8 Å². The number of sulfone groups is 1. The normalized spacial score (nSPS) is 11.1. The van der Waals surface area contributed by atoms with Gasteiger partial charge in [-0.15, -0.1) is 0 Å². The van der Waals surface area contributed by atoms with E-state index < -0.39 is 15.1 Å². The van der Waals surface area contributed by atoms with Gasteiger partial charge in [-0.1, -0.05) is 18.2 Å². The first kappa shape index (κ1) is 18.7. The lowest BCUT2D eigenvalue weighted by molar-refractivity contribution is 0.587. The summed E-state index contributed by atoms with van der Waals surface area (Å²) in [6.45, 7) is 5.18. The Bertz CT molecular complexity index is 1120. The zero-order valence-corrected chi connectivity index (χ0v) is 16.2. The van der Waals surface area contributed by atoms with Crippen molar-refractivity contribution in [3.8, 4) is 23.1 Å². The molecular formula is C21H21N3O2S. The van der Waals surface area contributed by atoms with Crippen molar-refractivity contribution in [3.63, 3.8) is 0 Å². The molecule has 0 saturated heterocycles. The van der Waals surface area contributed by atoms with E-state index in [0.717, 1.165) is 11.3 Å². The van der Waals surface area contributed by atoms with E-state index in [4.69, 9.17) is 0 Å². The third kappa shape index (κ3) is 4.21. The minimum Gasteiger partial charge on any atom is -0.256 e. The first-order chi connectivity index (χ1) is 12.9. The van der Waals surface area contributed by atoms with Gasteiger partial charge in [0.15, 0.2) is 9.84 Å². The van der Waals surface area contributed by atoms with Crippen LogP contribution in [0.5, 0.6) is 0 Å². The van der Waals surface area contributed by atoms with Crippen LogP contribution in [0.25, 0.3) is 11.3 Å². The Morgan fingerprint density at radius 2 is 1.74 bits per heavy atom. The first-order valence-corrected chi connectivity index (χ1v) is 10.0. The number of benzene rings is 1. The topological polar surface area (TPSA) is 72.8 Å². The van der Waals surface area contributed by atoms with Crippen molar-refractivity contribution in [1.29, 1.82) is 0 Å². The molecule has 0 aliphatic rings. The highest BCUT2D eigenvalue weighted by Gasteiger charge is 2.19. The molecule has 0 radical (unpaired) electrons. The van der Waals surface area contributed by atoms with Crippen molar-refractivity contribution in [1.82, 2.24) is 15.0 Å². The average Bonchev–Trinajstić information content (AvgIpc) is 2.68. The Balaban J connectivity index is 0.00000280. The van der Waals surface area contributed by atoms with Crippen molar-refractivity contribution in [2.24, 2.45) is 0 Å². The van der Waals surface area contributed by atoms with Gasteiger partial charge in [-0.25, -0.2) is 18.4 Å². The van der Waals surface area contributed by atoms with Gasteiger partial charge in [0.1, 0.15) is 11.4 Å². The van der Waals surface area contributed by atoms with Crippen molar-refractivity contribution >= 4 is 9.84 Å². The van der Waals surface area contributed by atoms with Gasteiger partial charge in [-0.3, -0.25) is 4.98 Å². The number of nitrogens with zero attached hydrogens (tertiary/aromatic N) is 3. The second-order valence-corrected chi connectivity index (χ2v) is 8.78. The maximum atomic E-state index is 12.2. The summed E-state index contributed by atoms with van der Waals surface area (Å²) in [4.78, 5) is 13.4. The zero-order valence-electron chi connectivity index (χ0n) is 15.3. The van der Waals surface area contributed by atoms with E-state index >= 15 is 0 Å². The molecule has 0 fully saturated rings. The molecule has 0 bridgehead atoms. The molecule has 5 nitrogen and oxygen atoms in total. The monoisotopic (exact) mass is 379 g/mol. The number of pyridine rings is 1. The number of aryl methyl sites for hydroxylation is 1. The lowest BCUT2D eigenvalue weighted by Gasteiger charge is -2.09. The number of hydrogen-bond donors (Lipinski definition) is 0. The maximum absolute atomic E-state index is 12.2. The van der Waals surface area contributed by atoms with Gasteiger partial charge in [-0.05, 0) is 56.9 Å². The standard InChI is InChI=1S/C21H19N3O2S.H2/c1-15(2)27(25,26)19-10-7-17(8-11-19)21-14-23-16(3)20(24-21)12-9-18-6-4-5-13-22-18;/h4-8,10-11,13-15H,1-3H3;1H. The summed E-state index contributed by atoms with van der Waals surface area (Å²) < 4.78 is 24.5. The van der Waals surface area contributed by atoms with E-state index in [0.29, 0.717) is 22.0 Å². The Kier molecular flexibility index (Phi) is 5.33. The number of rotatable bonds is 3. The number of aromatic nitrogens is 3. The summed E-state index contributed by atoms with van der Waals surface area (Å²) in [5.74, 6) is 5.99. The molecular weight excluding hydrogens is 358 g/mol. The summed E-state index contributed by atoms with van der Waals surface area (Å²) in [7, 11) is -3.30. The van der Waals surface area contributed by atoms with Crippen LogP contribution in [0.15, 0.2) is 59.8 Å². The van der Waals surface area contributed by atoms with Gasteiger partial charge >= 0.3 is 0 Å². The second kappa shape index (κ2) is 7.68. The van der Waals surface area contributed by atoms with Crippen LogP contribution >= 0.6 is 0 Å². The number of hydrogen-bond acceptors (Lipinski definition) is 5. The van der Waals surface area contributed by atoms with Crippen LogP contribution in [0.3, 0.4) is 0 Å². The molecule has 1 aromatic carbocycles. The molecule has 0 N–H and O–H groups in total. The minimum absolute atomic E-state index is 0. The Labute approximate surface area is 161 Å². The largest absolute Gasteiger partial charge is 0.256 e. The van der Waals surface area contributed by atoms with E-state index in [1.165, 1.54) is 0 Å². The van der Waals surface area contributed by atoms with Crippen LogP contribution in [0.4, 0.5) is 0 Å². The van der Waals surface area contributed by atoms with Gasteiger partial charge in [0.25, 0.3) is 0 Å². The summed E-state index contributed by atoms with van der Waals surface area (Å²) in [5.41, 5.74) is 3.37. The van der Waals surface area contributed by atoms with Crippen molar-refractivity contribution in [2.75, 3.05) is 0 Å². The Morgan fingerprint density at radius 1 is 1.00 bits per heavy atom. The molecule has 138 valence electrons. The van der Waals surface area contributed by atoms with Crippen LogP contribution in [0.2, 0.25) is 0 Å². The molecule has 3 aromatic rings. The Hall–Kier alpha value is -3.04. The van der Waals surface area contributed by atoms with Gasteiger partial charge in [0, 0.05) is 13.2 Å². The summed E-state index contributed by atoms with van der Waals surface area (Å²) in [5, 5.41) is -0.462. The lowest BCUT2D eigenvalue weighted by Crippen LogP contribution is -2.13. The van der Waals surface area contributed by atoms with E-state index in [1.807, 2.05) is 25.1 Å². The van der Waals surface area contributed by atoms with Gasteiger partial charge < -0.3 is 0 Å². The molecule has 0 saturated carbocycles. The molecule has 2 aromatic heterocycles. The lowest BCUT2D eigenvalue weighted by atomic mass is 10.1. The minimum atomic E-state index is -3.30. The quantitative estimate of drug-likeness (QED) is 0.649.